The summed E-state index contributed by atoms with van der Waals surface area (Å²) in [5, 5.41) is 0.788. The van der Waals surface area contributed by atoms with Crippen LogP contribution in [0.4, 0.5) is 5.69 Å². The average Bonchev–Trinajstić information content (AvgIpc) is 2.79. The Labute approximate surface area is 181 Å². The maximum Gasteiger partial charge on any atom is 0.340 e. The molecule has 1 unspecified atom stereocenters. The summed E-state index contributed by atoms with van der Waals surface area (Å²) in [6, 6.07) is 10.8. The Hall–Kier alpha value is -3.58. The second-order valence-electron chi connectivity index (χ2n) is 6.97. The summed E-state index contributed by atoms with van der Waals surface area (Å²) in [5.41, 5.74) is 0.982. The molecule has 2 heterocycles. The van der Waals surface area contributed by atoms with Crippen LogP contribution in [0.15, 0.2) is 51.7 Å². The molecule has 0 bridgehead atoms. The Balaban J connectivity index is 2.19. The van der Waals surface area contributed by atoms with E-state index in [4.69, 9.17) is 25.5 Å². The smallest absolute Gasteiger partial charge is 0.340 e. The SMILES string of the molecule is COC(=O)C1=c2oc3cc(C)c(Cl)cc3c(=O)c2=CN(c2ccccc2)C1C(=O)OC. The van der Waals surface area contributed by atoms with Crippen molar-refractivity contribution >= 4 is 52.0 Å². The third kappa shape index (κ3) is 3.37. The van der Waals surface area contributed by atoms with Crippen LogP contribution in [0, 0.1) is 6.92 Å². The summed E-state index contributed by atoms with van der Waals surface area (Å²) in [4.78, 5) is 40.5. The van der Waals surface area contributed by atoms with Crippen LogP contribution < -0.4 is 21.0 Å². The first kappa shape index (κ1) is 20.7. The summed E-state index contributed by atoms with van der Waals surface area (Å²) in [6.45, 7) is 1.77. The zero-order valence-electron chi connectivity index (χ0n) is 17.0. The minimum Gasteiger partial charge on any atom is -0.467 e. The van der Waals surface area contributed by atoms with Gasteiger partial charge in [-0.15, -0.1) is 0 Å². The van der Waals surface area contributed by atoms with E-state index in [2.05, 4.69) is 0 Å². The van der Waals surface area contributed by atoms with Crippen molar-refractivity contribution in [3.8, 4) is 0 Å². The van der Waals surface area contributed by atoms with Crippen molar-refractivity contribution in [3.63, 3.8) is 0 Å². The lowest BCUT2D eigenvalue weighted by atomic mass is 10.00. The molecule has 31 heavy (non-hydrogen) atoms. The highest BCUT2D eigenvalue weighted by Gasteiger charge is 2.39. The van der Waals surface area contributed by atoms with Crippen LogP contribution in [0.5, 0.6) is 0 Å². The second-order valence-corrected chi connectivity index (χ2v) is 7.38. The molecule has 1 atom stereocenters. The molecule has 1 aliphatic rings. The molecule has 0 saturated heterocycles. The number of halogens is 1. The predicted octanol–water partition coefficient (Wildman–Crippen LogP) is 1.88. The number of carbonyl (C=O) groups excluding carboxylic acids is 2. The molecule has 0 N–H and O–H groups in total. The predicted molar refractivity (Wildman–Crippen MR) is 116 cm³/mol. The number of methoxy groups -OCH3 is 2. The van der Waals surface area contributed by atoms with Crippen molar-refractivity contribution in [3.05, 3.63) is 73.9 Å². The molecule has 0 spiro atoms. The van der Waals surface area contributed by atoms with E-state index in [0.29, 0.717) is 16.3 Å². The minimum atomic E-state index is -1.21. The fourth-order valence-corrected chi connectivity index (χ4v) is 3.77. The fourth-order valence-electron chi connectivity index (χ4n) is 3.61. The topological polar surface area (TPSA) is 86.0 Å². The zero-order chi connectivity index (χ0) is 22.3. The van der Waals surface area contributed by atoms with Gasteiger partial charge in [0.2, 0.25) is 5.43 Å². The lowest BCUT2D eigenvalue weighted by molar-refractivity contribution is -0.142. The number of rotatable bonds is 3. The van der Waals surface area contributed by atoms with Gasteiger partial charge in [0.1, 0.15) is 11.2 Å². The Morgan fingerprint density at radius 2 is 1.81 bits per heavy atom. The largest absolute Gasteiger partial charge is 0.467 e. The zero-order valence-corrected chi connectivity index (χ0v) is 17.7. The molecule has 3 aromatic rings. The lowest BCUT2D eigenvalue weighted by Gasteiger charge is -2.31. The summed E-state index contributed by atoms with van der Waals surface area (Å²) >= 11 is 6.21. The quantitative estimate of drug-likeness (QED) is 0.576. The molecule has 0 aliphatic carbocycles. The number of ether oxygens (including phenoxy) is 2. The van der Waals surface area contributed by atoms with E-state index in [1.165, 1.54) is 31.4 Å². The first-order valence-corrected chi connectivity index (χ1v) is 9.73. The van der Waals surface area contributed by atoms with E-state index < -0.39 is 18.0 Å². The van der Waals surface area contributed by atoms with E-state index in [9.17, 15) is 14.4 Å². The Morgan fingerprint density at radius 3 is 2.45 bits per heavy atom. The monoisotopic (exact) mass is 439 g/mol. The van der Waals surface area contributed by atoms with Gasteiger partial charge in [0, 0.05) is 16.9 Å². The average molecular weight is 440 g/mol. The fraction of sp³-hybridized carbons (Fsp3) is 0.174. The molecule has 0 radical (unpaired) electrons. The van der Waals surface area contributed by atoms with Crippen LogP contribution in [-0.2, 0) is 19.1 Å². The van der Waals surface area contributed by atoms with Crippen molar-refractivity contribution < 1.29 is 23.5 Å². The number of hydrogen-bond donors (Lipinski definition) is 0. The van der Waals surface area contributed by atoms with Gasteiger partial charge in [-0.2, -0.15) is 0 Å². The molecule has 158 valence electrons. The van der Waals surface area contributed by atoms with Crippen LogP contribution in [0.2, 0.25) is 5.02 Å². The second kappa shape index (κ2) is 7.92. The molecule has 4 rings (SSSR count). The van der Waals surface area contributed by atoms with E-state index in [0.717, 1.165) is 0 Å². The van der Waals surface area contributed by atoms with Crippen molar-refractivity contribution in [2.24, 2.45) is 0 Å². The molecular formula is C23H18ClNO6. The highest BCUT2D eigenvalue weighted by atomic mass is 35.5. The first-order valence-electron chi connectivity index (χ1n) is 9.36. The van der Waals surface area contributed by atoms with Gasteiger partial charge in [0.25, 0.3) is 0 Å². The summed E-state index contributed by atoms with van der Waals surface area (Å²) < 4.78 is 15.9. The van der Waals surface area contributed by atoms with Gasteiger partial charge in [-0.05, 0) is 36.8 Å². The van der Waals surface area contributed by atoms with Gasteiger partial charge >= 0.3 is 11.9 Å². The van der Waals surface area contributed by atoms with E-state index in [1.54, 1.807) is 37.3 Å². The molecule has 1 aliphatic heterocycles. The van der Waals surface area contributed by atoms with Crippen LogP contribution in [0.1, 0.15) is 5.56 Å². The molecule has 7 nitrogen and oxygen atoms in total. The van der Waals surface area contributed by atoms with Crippen LogP contribution >= 0.6 is 11.6 Å². The standard InChI is InChI=1S/C23H18ClNO6/c1-12-9-17-14(10-16(12)24)20(26)15-11-25(13-7-5-4-6-8-13)19(23(28)30-3)18(21(15)31-17)22(27)29-2/h4-11,19H,1-3H3. The Bertz CT molecular complexity index is 1390. The van der Waals surface area contributed by atoms with Gasteiger partial charge in [-0.25, -0.2) is 9.59 Å². The number of carbonyl (C=O) groups is 2. The number of hydrogen-bond acceptors (Lipinski definition) is 7. The number of aryl methyl sites for hydroxylation is 1. The van der Waals surface area contributed by atoms with Gasteiger partial charge in [-0.1, -0.05) is 29.8 Å². The van der Waals surface area contributed by atoms with Crippen molar-refractivity contribution in [2.75, 3.05) is 19.1 Å². The van der Waals surface area contributed by atoms with Gasteiger partial charge in [0.05, 0.1) is 24.8 Å². The van der Waals surface area contributed by atoms with Crippen molar-refractivity contribution in [1.29, 1.82) is 0 Å². The molecule has 2 aromatic carbocycles. The molecule has 0 amide bonds. The number of anilines is 1. The van der Waals surface area contributed by atoms with Crippen molar-refractivity contribution in [2.45, 2.75) is 13.0 Å². The number of benzene rings is 2. The summed E-state index contributed by atoms with van der Waals surface area (Å²) in [7, 11) is 2.41. The van der Waals surface area contributed by atoms with E-state index in [1.807, 2.05) is 6.07 Å². The van der Waals surface area contributed by atoms with Crippen LogP contribution in [0.25, 0.3) is 22.7 Å². The molecule has 1 aromatic heterocycles. The van der Waals surface area contributed by atoms with Gasteiger partial charge in [-0.3, -0.25) is 4.79 Å². The lowest BCUT2D eigenvalue weighted by Crippen LogP contribution is -2.55. The maximum atomic E-state index is 13.4. The minimum absolute atomic E-state index is 0.0337. The third-order valence-corrected chi connectivity index (χ3v) is 5.56. The summed E-state index contributed by atoms with van der Waals surface area (Å²) in [6.07, 6.45) is 1.48. The normalized spacial score (nSPS) is 15.3. The van der Waals surface area contributed by atoms with E-state index in [-0.39, 0.29) is 32.6 Å². The molecular weight excluding hydrogens is 422 g/mol. The number of nitrogens with zero attached hydrogens (tertiary/aromatic N) is 1. The Kier molecular flexibility index (Phi) is 5.29. The van der Waals surface area contributed by atoms with Crippen LogP contribution in [-0.4, -0.2) is 32.2 Å². The van der Waals surface area contributed by atoms with Gasteiger partial charge in [0.15, 0.2) is 11.5 Å². The van der Waals surface area contributed by atoms with Crippen molar-refractivity contribution in [1.82, 2.24) is 0 Å². The maximum absolute atomic E-state index is 13.4. The number of esters is 2. The van der Waals surface area contributed by atoms with Gasteiger partial charge < -0.3 is 18.8 Å². The summed E-state index contributed by atoms with van der Waals surface area (Å²) in [5.74, 6) is -1.51. The molecule has 0 saturated carbocycles. The number of para-hydroxylation sites is 1. The highest BCUT2D eigenvalue weighted by molar-refractivity contribution is 6.32. The molecule has 0 fully saturated rings. The molecule has 8 heteroatoms. The first-order chi connectivity index (χ1) is 14.9. The Morgan fingerprint density at radius 1 is 1.10 bits per heavy atom. The highest BCUT2D eigenvalue weighted by Crippen LogP contribution is 2.26. The number of fused-ring (bicyclic) bond motifs is 2. The third-order valence-electron chi connectivity index (χ3n) is 5.16. The van der Waals surface area contributed by atoms with E-state index >= 15 is 0 Å². The van der Waals surface area contributed by atoms with Crippen LogP contribution in [0.3, 0.4) is 0 Å².